The van der Waals surface area contributed by atoms with Crippen LogP contribution in [0.1, 0.15) is 29.2 Å². The third-order valence-corrected chi connectivity index (χ3v) is 3.91. The van der Waals surface area contributed by atoms with Crippen molar-refractivity contribution in [1.82, 2.24) is 4.98 Å². The summed E-state index contributed by atoms with van der Waals surface area (Å²) < 4.78 is 10.7. The van der Waals surface area contributed by atoms with Gasteiger partial charge in [0.1, 0.15) is 5.76 Å². The van der Waals surface area contributed by atoms with Gasteiger partial charge >= 0.3 is 11.9 Å². The second kappa shape index (κ2) is 5.51. The number of hydrogen-bond acceptors (Lipinski definition) is 6. The van der Waals surface area contributed by atoms with E-state index in [4.69, 9.17) is 14.6 Å². The van der Waals surface area contributed by atoms with E-state index in [0.717, 1.165) is 16.9 Å². The van der Waals surface area contributed by atoms with Crippen LogP contribution < -0.4 is 0 Å². The zero-order valence-electron chi connectivity index (χ0n) is 12.4. The number of carboxylic acids is 1. The Morgan fingerprint density at radius 2 is 2.00 bits per heavy atom. The Morgan fingerprint density at radius 1 is 1.26 bits per heavy atom. The highest BCUT2D eigenvalue weighted by Crippen LogP contribution is 2.31. The Morgan fingerprint density at radius 3 is 2.65 bits per heavy atom. The number of nitrogens with zero attached hydrogens (tertiary/aromatic N) is 1. The maximum Gasteiger partial charge on any atom is 0.365 e. The average molecular weight is 331 g/mol. The smallest absolute Gasteiger partial charge is 0.365 e. The predicted molar refractivity (Wildman–Crippen MR) is 83.7 cm³/mol. The fourth-order valence-corrected chi connectivity index (χ4v) is 2.84. The molecule has 2 heterocycles. The molecule has 1 aromatic carbocycles. The SMILES string of the molecule is CC1(C)OC(=O)C=C(c2cccc(-c3csc(C(=O)O)n3)c2)O1. The van der Waals surface area contributed by atoms with Crippen LogP contribution in [0.2, 0.25) is 0 Å². The molecular formula is C16H13NO5S. The number of benzene rings is 1. The van der Waals surface area contributed by atoms with Crippen molar-refractivity contribution in [3.8, 4) is 11.3 Å². The van der Waals surface area contributed by atoms with Gasteiger partial charge in [-0.05, 0) is 6.07 Å². The van der Waals surface area contributed by atoms with Gasteiger partial charge in [-0.1, -0.05) is 18.2 Å². The highest BCUT2D eigenvalue weighted by Gasteiger charge is 2.30. The van der Waals surface area contributed by atoms with Crippen molar-refractivity contribution in [2.45, 2.75) is 19.6 Å². The number of carboxylic acid groups (broad SMARTS) is 1. The van der Waals surface area contributed by atoms with Crippen LogP contribution in [0.4, 0.5) is 0 Å². The van der Waals surface area contributed by atoms with Crippen LogP contribution >= 0.6 is 11.3 Å². The van der Waals surface area contributed by atoms with E-state index in [-0.39, 0.29) is 5.01 Å². The van der Waals surface area contributed by atoms with Crippen LogP contribution in [0, 0.1) is 0 Å². The number of aromatic carboxylic acids is 1. The summed E-state index contributed by atoms with van der Waals surface area (Å²) in [5, 5.41) is 10.7. The first-order chi connectivity index (χ1) is 10.8. The number of thiazole rings is 1. The van der Waals surface area contributed by atoms with Crippen molar-refractivity contribution >= 4 is 29.0 Å². The Bertz CT molecular complexity index is 821. The molecule has 2 aromatic rings. The molecule has 0 unspecified atom stereocenters. The first kappa shape index (κ1) is 15.2. The van der Waals surface area contributed by atoms with Crippen LogP contribution in [0.5, 0.6) is 0 Å². The van der Waals surface area contributed by atoms with Crippen molar-refractivity contribution < 1.29 is 24.2 Å². The maximum absolute atomic E-state index is 11.6. The van der Waals surface area contributed by atoms with Crippen molar-refractivity contribution in [1.29, 1.82) is 0 Å². The number of hydrogen-bond donors (Lipinski definition) is 1. The molecule has 0 atom stereocenters. The molecule has 1 aliphatic heterocycles. The van der Waals surface area contributed by atoms with Gasteiger partial charge in [-0.25, -0.2) is 14.6 Å². The molecule has 0 aliphatic carbocycles. The van der Waals surface area contributed by atoms with Crippen molar-refractivity contribution in [3.63, 3.8) is 0 Å². The summed E-state index contributed by atoms with van der Waals surface area (Å²) in [6, 6.07) is 7.20. The lowest BCUT2D eigenvalue weighted by molar-refractivity contribution is -0.193. The minimum atomic E-state index is -1.06. The lowest BCUT2D eigenvalue weighted by atomic mass is 10.1. The molecule has 0 saturated heterocycles. The monoisotopic (exact) mass is 331 g/mol. The molecule has 1 aromatic heterocycles. The summed E-state index contributed by atoms with van der Waals surface area (Å²) in [7, 11) is 0. The number of esters is 1. The molecule has 0 spiro atoms. The summed E-state index contributed by atoms with van der Waals surface area (Å²) in [5.74, 6) is -2.15. The maximum atomic E-state index is 11.6. The fourth-order valence-electron chi connectivity index (χ4n) is 2.17. The molecule has 0 radical (unpaired) electrons. The third-order valence-electron chi connectivity index (χ3n) is 3.08. The van der Waals surface area contributed by atoms with Crippen LogP contribution in [0.3, 0.4) is 0 Å². The molecular weight excluding hydrogens is 318 g/mol. The number of carbonyl (C=O) groups excluding carboxylic acids is 1. The summed E-state index contributed by atoms with van der Waals surface area (Å²) in [6.45, 7) is 3.31. The molecule has 1 aliphatic rings. The van der Waals surface area contributed by atoms with E-state index in [1.165, 1.54) is 6.08 Å². The molecule has 1 N–H and O–H groups in total. The minimum Gasteiger partial charge on any atom is -0.476 e. The first-order valence-corrected chi connectivity index (χ1v) is 7.65. The van der Waals surface area contributed by atoms with Gasteiger partial charge in [0.25, 0.3) is 0 Å². The zero-order valence-corrected chi connectivity index (χ0v) is 13.2. The summed E-state index contributed by atoms with van der Waals surface area (Å²) >= 11 is 1.06. The van der Waals surface area contributed by atoms with E-state index < -0.39 is 17.7 Å². The molecule has 0 saturated carbocycles. The molecule has 3 rings (SSSR count). The quantitative estimate of drug-likeness (QED) is 0.870. The Hall–Kier alpha value is -2.67. The predicted octanol–water partition coefficient (Wildman–Crippen LogP) is 3.16. The largest absolute Gasteiger partial charge is 0.476 e. The van der Waals surface area contributed by atoms with Crippen molar-refractivity contribution in [2.75, 3.05) is 0 Å². The van der Waals surface area contributed by atoms with E-state index in [1.54, 1.807) is 37.4 Å². The van der Waals surface area contributed by atoms with E-state index in [0.29, 0.717) is 17.0 Å². The molecule has 0 bridgehead atoms. The van der Waals surface area contributed by atoms with Gasteiger partial charge in [-0.3, -0.25) is 0 Å². The summed E-state index contributed by atoms with van der Waals surface area (Å²) in [5.41, 5.74) is 2.00. The van der Waals surface area contributed by atoms with Crippen LogP contribution in [-0.2, 0) is 14.3 Å². The zero-order chi connectivity index (χ0) is 16.6. The van der Waals surface area contributed by atoms with Crippen LogP contribution in [0.25, 0.3) is 17.0 Å². The second-order valence-electron chi connectivity index (χ2n) is 5.36. The Kier molecular flexibility index (Phi) is 3.65. The molecule has 118 valence electrons. The fraction of sp³-hybridized carbons (Fsp3) is 0.188. The summed E-state index contributed by atoms with van der Waals surface area (Å²) in [4.78, 5) is 26.7. The van der Waals surface area contributed by atoms with Crippen molar-refractivity contribution in [3.05, 3.63) is 46.3 Å². The standard InChI is InChI=1S/C16H13NO5S/c1-16(2)21-12(7-13(18)22-16)10-5-3-4-9(6-10)11-8-23-14(17-11)15(19)20/h3-8H,1-2H3,(H,19,20). The van der Waals surface area contributed by atoms with Crippen molar-refractivity contribution in [2.24, 2.45) is 0 Å². The van der Waals surface area contributed by atoms with E-state index >= 15 is 0 Å². The molecule has 0 fully saturated rings. The Balaban J connectivity index is 1.96. The first-order valence-electron chi connectivity index (χ1n) is 6.77. The topological polar surface area (TPSA) is 85.7 Å². The number of cyclic esters (lactones) is 1. The van der Waals surface area contributed by atoms with Crippen LogP contribution in [-0.4, -0.2) is 27.8 Å². The van der Waals surface area contributed by atoms with Gasteiger partial charge < -0.3 is 14.6 Å². The normalized spacial score (nSPS) is 16.3. The van der Waals surface area contributed by atoms with Gasteiger partial charge in [-0.2, -0.15) is 0 Å². The van der Waals surface area contributed by atoms with Gasteiger partial charge in [0.2, 0.25) is 10.8 Å². The van der Waals surface area contributed by atoms with E-state index in [1.807, 2.05) is 6.07 Å². The van der Waals surface area contributed by atoms with Gasteiger partial charge in [-0.15, -0.1) is 11.3 Å². The number of carbonyl (C=O) groups is 2. The second-order valence-corrected chi connectivity index (χ2v) is 6.21. The lowest BCUT2D eigenvalue weighted by Gasteiger charge is -2.30. The Labute approximate surface area is 136 Å². The average Bonchev–Trinajstić information content (AvgIpc) is 2.95. The lowest BCUT2D eigenvalue weighted by Crippen LogP contribution is -2.33. The van der Waals surface area contributed by atoms with Gasteiger partial charge in [0, 0.05) is 30.4 Å². The molecule has 23 heavy (non-hydrogen) atoms. The molecule has 7 heteroatoms. The van der Waals surface area contributed by atoms with E-state index in [2.05, 4.69) is 4.98 Å². The molecule has 0 amide bonds. The number of ether oxygens (including phenoxy) is 2. The van der Waals surface area contributed by atoms with Gasteiger partial charge in [0.15, 0.2) is 0 Å². The molecule has 6 nitrogen and oxygen atoms in total. The van der Waals surface area contributed by atoms with E-state index in [9.17, 15) is 9.59 Å². The third kappa shape index (κ3) is 3.24. The number of aromatic nitrogens is 1. The minimum absolute atomic E-state index is 0.0308. The summed E-state index contributed by atoms with van der Waals surface area (Å²) in [6.07, 6.45) is 1.29. The highest BCUT2D eigenvalue weighted by atomic mass is 32.1. The van der Waals surface area contributed by atoms with Gasteiger partial charge in [0.05, 0.1) is 11.8 Å². The van der Waals surface area contributed by atoms with Crippen LogP contribution in [0.15, 0.2) is 35.7 Å². The number of rotatable bonds is 3. The highest BCUT2D eigenvalue weighted by molar-refractivity contribution is 7.11.